The molecule has 1 aliphatic heterocycles. The molecule has 2 atom stereocenters. The highest BCUT2D eigenvalue weighted by atomic mass is 19.4. The van der Waals surface area contributed by atoms with E-state index >= 15 is 0 Å². The lowest BCUT2D eigenvalue weighted by molar-refractivity contribution is -0.136. The van der Waals surface area contributed by atoms with Crippen molar-refractivity contribution in [1.29, 1.82) is 0 Å². The molecule has 4 aromatic rings. The maximum absolute atomic E-state index is 14.7. The van der Waals surface area contributed by atoms with Gasteiger partial charge in [-0.2, -0.15) is 18.3 Å². The fourth-order valence-corrected chi connectivity index (χ4v) is 4.44. The molecule has 0 radical (unpaired) electrons. The predicted molar refractivity (Wildman–Crippen MR) is 126 cm³/mol. The molecule has 39 heavy (non-hydrogen) atoms. The number of anilines is 1. The molecule has 1 fully saturated rings. The Kier molecular flexibility index (Phi) is 6.40. The van der Waals surface area contributed by atoms with Crippen LogP contribution in [0.3, 0.4) is 0 Å². The average Bonchev–Trinajstić information content (AvgIpc) is 3.46. The lowest BCUT2D eigenvalue weighted by atomic mass is 10.1. The molecule has 2 aromatic heterocycles. The van der Waals surface area contributed by atoms with Crippen LogP contribution in [0.5, 0.6) is 0 Å². The molecule has 0 aliphatic carbocycles. The molecule has 0 saturated carbocycles. The highest BCUT2D eigenvalue weighted by Crippen LogP contribution is 2.38. The number of amides is 2. The number of fused-ring (bicyclic) bond motifs is 1. The number of halogens is 6. The van der Waals surface area contributed by atoms with Crippen LogP contribution in [-0.4, -0.2) is 56.6 Å². The summed E-state index contributed by atoms with van der Waals surface area (Å²) in [7, 11) is 0. The lowest BCUT2D eigenvalue weighted by Crippen LogP contribution is -2.42. The second kappa shape index (κ2) is 9.60. The first kappa shape index (κ1) is 26.0. The lowest BCUT2D eigenvalue weighted by Gasteiger charge is -2.17. The van der Waals surface area contributed by atoms with Crippen molar-refractivity contribution in [2.24, 2.45) is 0 Å². The Morgan fingerprint density at radius 1 is 1.03 bits per heavy atom. The fraction of sp³-hybridized carbons (Fsp3) is 0.200. The van der Waals surface area contributed by atoms with Gasteiger partial charge in [0.05, 0.1) is 29.4 Å². The molecular weight excluding hydrogens is 530 g/mol. The minimum Gasteiger partial charge on any atom is -0.382 e. The number of nitrogen functional groups attached to an aromatic ring is 1. The first-order valence-corrected chi connectivity index (χ1v) is 11.4. The van der Waals surface area contributed by atoms with Crippen LogP contribution in [0.1, 0.15) is 26.3 Å². The van der Waals surface area contributed by atoms with Crippen molar-refractivity contribution in [1.82, 2.24) is 24.8 Å². The zero-order valence-electron chi connectivity index (χ0n) is 19.7. The number of alkyl halides is 4. The third kappa shape index (κ3) is 4.84. The van der Waals surface area contributed by atoms with Crippen LogP contribution in [0.4, 0.5) is 32.2 Å². The van der Waals surface area contributed by atoms with E-state index in [0.717, 1.165) is 52.1 Å². The van der Waals surface area contributed by atoms with E-state index in [-0.39, 0.29) is 29.9 Å². The van der Waals surface area contributed by atoms with Crippen LogP contribution in [0.25, 0.3) is 16.8 Å². The summed E-state index contributed by atoms with van der Waals surface area (Å²) in [5.41, 5.74) is 3.45. The number of carbonyl (C=O) groups is 2. The standard InChI is InChI=1S/C25H18F6N6O2/c26-14-4-1-12(2-5-14)24(39)36-9-18(28)19(10-36)35-23(38)15-7-13(3-6-17(15)27)20-8-16(25(29,30)31)21-22(32)33-11-34-37(20)21/h1-8,11,18-19H,9-10H2,(H,35,38)(H2,32,33,34)/t18-,19+/m0/s1. The normalized spacial score (nSPS) is 17.5. The fourth-order valence-electron chi connectivity index (χ4n) is 4.44. The van der Waals surface area contributed by atoms with Gasteiger partial charge in [-0.15, -0.1) is 0 Å². The number of nitrogens with two attached hydrogens (primary N) is 1. The number of nitrogens with one attached hydrogen (secondary N) is 1. The quantitative estimate of drug-likeness (QED) is 0.377. The Balaban J connectivity index is 1.40. The van der Waals surface area contributed by atoms with E-state index in [1.807, 2.05) is 0 Å². The Labute approximate surface area is 216 Å². The monoisotopic (exact) mass is 548 g/mol. The van der Waals surface area contributed by atoms with Crippen LogP contribution < -0.4 is 11.1 Å². The van der Waals surface area contributed by atoms with Crippen LogP contribution in [-0.2, 0) is 6.18 Å². The summed E-state index contributed by atoms with van der Waals surface area (Å²) < 4.78 is 84.4. The van der Waals surface area contributed by atoms with E-state index in [0.29, 0.717) is 0 Å². The Morgan fingerprint density at radius 3 is 2.44 bits per heavy atom. The van der Waals surface area contributed by atoms with Gasteiger partial charge >= 0.3 is 6.18 Å². The highest BCUT2D eigenvalue weighted by molar-refractivity contribution is 5.97. The maximum Gasteiger partial charge on any atom is 0.418 e. The second-order valence-electron chi connectivity index (χ2n) is 8.85. The smallest absolute Gasteiger partial charge is 0.382 e. The van der Waals surface area contributed by atoms with Gasteiger partial charge in [0.2, 0.25) is 0 Å². The van der Waals surface area contributed by atoms with Gasteiger partial charge < -0.3 is 16.0 Å². The summed E-state index contributed by atoms with van der Waals surface area (Å²) in [4.78, 5) is 30.3. The molecule has 8 nitrogen and oxygen atoms in total. The number of benzene rings is 2. The van der Waals surface area contributed by atoms with Crippen LogP contribution in [0, 0.1) is 11.6 Å². The number of nitrogens with zero attached hydrogens (tertiary/aromatic N) is 4. The van der Waals surface area contributed by atoms with Gasteiger partial charge in [0.25, 0.3) is 11.8 Å². The molecule has 2 amide bonds. The van der Waals surface area contributed by atoms with E-state index in [9.17, 15) is 35.9 Å². The first-order valence-electron chi connectivity index (χ1n) is 11.4. The molecule has 0 bridgehead atoms. The minimum atomic E-state index is -4.81. The van der Waals surface area contributed by atoms with Gasteiger partial charge in [-0.3, -0.25) is 9.59 Å². The van der Waals surface area contributed by atoms with Gasteiger partial charge in [0.15, 0.2) is 5.82 Å². The van der Waals surface area contributed by atoms with Crippen LogP contribution in [0.2, 0.25) is 0 Å². The van der Waals surface area contributed by atoms with Crippen molar-refractivity contribution in [3.05, 3.63) is 83.2 Å². The third-order valence-corrected chi connectivity index (χ3v) is 6.34. The molecule has 5 rings (SSSR count). The van der Waals surface area contributed by atoms with Crippen molar-refractivity contribution < 1.29 is 35.9 Å². The molecule has 2 aromatic carbocycles. The highest BCUT2D eigenvalue weighted by Gasteiger charge is 2.38. The minimum absolute atomic E-state index is 0.00137. The summed E-state index contributed by atoms with van der Waals surface area (Å²) >= 11 is 0. The summed E-state index contributed by atoms with van der Waals surface area (Å²) in [6.07, 6.45) is -5.55. The van der Waals surface area contributed by atoms with Crippen molar-refractivity contribution in [3.8, 4) is 11.3 Å². The summed E-state index contributed by atoms with van der Waals surface area (Å²) in [6, 6.07) is 7.25. The number of hydrogen-bond acceptors (Lipinski definition) is 5. The molecule has 3 heterocycles. The topological polar surface area (TPSA) is 106 Å². The van der Waals surface area contributed by atoms with Crippen molar-refractivity contribution >= 4 is 23.1 Å². The number of aromatic nitrogens is 3. The number of hydrogen-bond donors (Lipinski definition) is 2. The van der Waals surface area contributed by atoms with Crippen molar-refractivity contribution in [2.45, 2.75) is 18.4 Å². The zero-order valence-corrected chi connectivity index (χ0v) is 19.7. The number of carbonyl (C=O) groups excluding carboxylic acids is 2. The van der Waals surface area contributed by atoms with Crippen LogP contribution >= 0.6 is 0 Å². The van der Waals surface area contributed by atoms with E-state index in [2.05, 4.69) is 15.4 Å². The average molecular weight is 548 g/mol. The van der Waals surface area contributed by atoms with E-state index < -0.39 is 64.3 Å². The Bertz CT molecular complexity index is 1590. The second-order valence-corrected chi connectivity index (χ2v) is 8.85. The summed E-state index contributed by atoms with van der Waals surface area (Å²) in [6.45, 7) is -0.597. The Morgan fingerprint density at radius 2 is 1.74 bits per heavy atom. The van der Waals surface area contributed by atoms with E-state index in [1.165, 1.54) is 12.1 Å². The largest absolute Gasteiger partial charge is 0.418 e. The number of likely N-dealkylation sites (tertiary alicyclic amines) is 1. The molecular formula is C25H18F6N6O2. The first-order chi connectivity index (χ1) is 18.4. The number of rotatable bonds is 4. The summed E-state index contributed by atoms with van der Waals surface area (Å²) in [5, 5.41) is 6.17. The molecule has 202 valence electrons. The van der Waals surface area contributed by atoms with Gasteiger partial charge in [0, 0.05) is 17.7 Å². The SMILES string of the molecule is Nc1ncnn2c(-c3ccc(F)c(C(=O)N[C@@H]4CN(C(=O)c5ccc(F)cc5)C[C@@H]4F)c3)cc(C(F)(F)F)c12. The van der Waals surface area contributed by atoms with E-state index in [1.54, 1.807) is 0 Å². The van der Waals surface area contributed by atoms with E-state index in [4.69, 9.17) is 5.73 Å². The van der Waals surface area contributed by atoms with Crippen molar-refractivity contribution in [3.63, 3.8) is 0 Å². The molecule has 1 aliphatic rings. The van der Waals surface area contributed by atoms with Crippen molar-refractivity contribution in [2.75, 3.05) is 18.8 Å². The third-order valence-electron chi connectivity index (χ3n) is 6.34. The van der Waals surface area contributed by atoms with Gasteiger partial charge in [-0.1, -0.05) is 0 Å². The molecule has 1 saturated heterocycles. The van der Waals surface area contributed by atoms with Gasteiger partial charge in [-0.05, 0) is 48.5 Å². The molecule has 0 spiro atoms. The maximum atomic E-state index is 14.7. The molecule has 14 heteroatoms. The summed E-state index contributed by atoms with van der Waals surface area (Å²) in [5.74, 6) is -3.61. The van der Waals surface area contributed by atoms with Crippen LogP contribution in [0.15, 0.2) is 54.9 Å². The molecule has 3 N–H and O–H groups in total. The van der Waals surface area contributed by atoms with Gasteiger partial charge in [-0.25, -0.2) is 22.7 Å². The Hall–Kier alpha value is -4.62. The predicted octanol–water partition coefficient (Wildman–Crippen LogP) is 3.87. The van der Waals surface area contributed by atoms with Gasteiger partial charge in [0.1, 0.15) is 29.7 Å². The molecule has 0 unspecified atom stereocenters. The zero-order chi connectivity index (χ0) is 28.1.